The summed E-state index contributed by atoms with van der Waals surface area (Å²) in [5, 5.41) is 3.70. The van der Waals surface area contributed by atoms with Crippen LogP contribution in [0.1, 0.15) is 21.6 Å². The molecule has 0 bridgehead atoms. The number of H-pyrrole nitrogens is 1. The van der Waals surface area contributed by atoms with Gasteiger partial charge in [0.25, 0.3) is 5.91 Å². The molecule has 0 fully saturated rings. The van der Waals surface area contributed by atoms with E-state index in [0.717, 1.165) is 45.5 Å². The van der Waals surface area contributed by atoms with Crippen LogP contribution >= 0.6 is 15.9 Å². The highest BCUT2D eigenvalue weighted by Crippen LogP contribution is 2.27. The first-order chi connectivity index (χ1) is 11.7. The molecule has 1 aliphatic rings. The van der Waals surface area contributed by atoms with Gasteiger partial charge in [0, 0.05) is 47.0 Å². The third-order valence-electron chi connectivity index (χ3n) is 4.25. The number of hydrogen-bond donors (Lipinski definition) is 2. The predicted octanol–water partition coefficient (Wildman–Crippen LogP) is 3.92. The number of carbonyl (C=O) groups is 1. The first-order valence-electron chi connectivity index (χ1n) is 7.86. The number of fused-ring (bicyclic) bond motifs is 1. The molecule has 2 aromatic heterocycles. The van der Waals surface area contributed by atoms with Crippen LogP contribution < -0.4 is 5.32 Å². The molecule has 5 heteroatoms. The van der Waals surface area contributed by atoms with Gasteiger partial charge in [-0.1, -0.05) is 34.1 Å². The van der Waals surface area contributed by atoms with Gasteiger partial charge in [-0.15, -0.1) is 0 Å². The van der Waals surface area contributed by atoms with Crippen LogP contribution in [0, 0.1) is 0 Å². The van der Waals surface area contributed by atoms with Gasteiger partial charge in [0.2, 0.25) is 0 Å². The van der Waals surface area contributed by atoms with E-state index in [0.29, 0.717) is 6.54 Å². The lowest BCUT2D eigenvalue weighted by atomic mass is 10.1. The average molecular weight is 382 g/mol. The number of aromatic amines is 1. The molecule has 0 radical (unpaired) electrons. The largest absolute Gasteiger partial charge is 0.358 e. The first kappa shape index (κ1) is 15.1. The molecular formula is C19H16BrN3O. The number of aromatic nitrogens is 2. The Morgan fingerprint density at radius 3 is 2.88 bits per heavy atom. The lowest BCUT2D eigenvalue weighted by molar-refractivity contribution is 0.0946. The van der Waals surface area contributed by atoms with Crippen molar-refractivity contribution in [2.24, 2.45) is 0 Å². The smallest absolute Gasteiger partial charge is 0.253 e. The van der Waals surface area contributed by atoms with E-state index in [1.54, 1.807) is 0 Å². The van der Waals surface area contributed by atoms with E-state index in [-0.39, 0.29) is 5.91 Å². The summed E-state index contributed by atoms with van der Waals surface area (Å²) in [7, 11) is 0. The summed E-state index contributed by atoms with van der Waals surface area (Å²) in [5.41, 5.74) is 6.97. The number of nitrogens with one attached hydrogen (secondary N) is 2. The fourth-order valence-corrected chi connectivity index (χ4v) is 3.37. The number of alkyl halides is 1. The number of halogens is 1. The molecule has 0 saturated carbocycles. The number of hydrogen-bond acceptors (Lipinski definition) is 2. The Labute approximate surface area is 148 Å². The van der Waals surface area contributed by atoms with Crippen LogP contribution in [0.4, 0.5) is 0 Å². The Morgan fingerprint density at radius 2 is 2.04 bits per heavy atom. The Kier molecular flexibility index (Phi) is 3.94. The number of carbonyl (C=O) groups excluding carboxylic acids is 1. The minimum Gasteiger partial charge on any atom is -0.358 e. The van der Waals surface area contributed by atoms with Gasteiger partial charge in [0.1, 0.15) is 0 Å². The number of nitrogens with zero attached hydrogens (tertiary/aromatic N) is 1. The van der Waals surface area contributed by atoms with Crippen molar-refractivity contribution in [3.05, 3.63) is 65.5 Å². The van der Waals surface area contributed by atoms with Crippen LogP contribution in [0.5, 0.6) is 0 Å². The highest BCUT2D eigenvalue weighted by atomic mass is 79.9. The van der Waals surface area contributed by atoms with Crippen molar-refractivity contribution < 1.29 is 4.79 Å². The van der Waals surface area contributed by atoms with Crippen molar-refractivity contribution in [2.45, 2.75) is 11.8 Å². The highest BCUT2D eigenvalue weighted by molar-refractivity contribution is 9.08. The van der Waals surface area contributed by atoms with Crippen molar-refractivity contribution >= 4 is 21.8 Å². The molecular weight excluding hydrogens is 366 g/mol. The second-order valence-electron chi connectivity index (χ2n) is 5.84. The maximum Gasteiger partial charge on any atom is 0.253 e. The summed E-state index contributed by atoms with van der Waals surface area (Å²) < 4.78 is 0. The highest BCUT2D eigenvalue weighted by Gasteiger charge is 2.20. The third kappa shape index (κ3) is 2.76. The van der Waals surface area contributed by atoms with Gasteiger partial charge in [-0.3, -0.25) is 9.78 Å². The molecule has 4 rings (SSSR count). The fourth-order valence-electron chi connectivity index (χ4n) is 3.02. The predicted molar refractivity (Wildman–Crippen MR) is 98.1 cm³/mol. The molecule has 4 nitrogen and oxygen atoms in total. The van der Waals surface area contributed by atoms with Crippen molar-refractivity contribution in [1.82, 2.24) is 15.3 Å². The summed E-state index contributed by atoms with van der Waals surface area (Å²) in [4.78, 5) is 19.8. The van der Waals surface area contributed by atoms with E-state index >= 15 is 0 Å². The van der Waals surface area contributed by atoms with Gasteiger partial charge in [-0.05, 0) is 29.8 Å². The summed E-state index contributed by atoms with van der Waals surface area (Å²) in [6, 6.07) is 14.3. The Balaban J connectivity index is 1.74. The van der Waals surface area contributed by atoms with Crippen LogP contribution in [-0.2, 0) is 11.8 Å². The van der Waals surface area contributed by atoms with Gasteiger partial charge in [0.05, 0.1) is 11.3 Å². The maximum absolute atomic E-state index is 11.9. The third-order valence-corrected chi connectivity index (χ3v) is 4.90. The molecule has 3 aromatic rings. The van der Waals surface area contributed by atoms with E-state index in [1.807, 2.05) is 24.4 Å². The quantitative estimate of drug-likeness (QED) is 0.675. The molecule has 0 unspecified atom stereocenters. The lowest BCUT2D eigenvalue weighted by Crippen LogP contribution is -2.31. The Hall–Kier alpha value is -2.40. The molecule has 120 valence electrons. The molecule has 0 aliphatic carbocycles. The molecule has 0 atom stereocenters. The SMILES string of the molecule is O=C1NCCc2[nH]c(-c3ccnc(-c4cccc(CBr)c4)c3)cc21. The van der Waals surface area contributed by atoms with Gasteiger partial charge in [-0.25, -0.2) is 0 Å². The van der Waals surface area contributed by atoms with Gasteiger partial charge in [-0.2, -0.15) is 0 Å². The van der Waals surface area contributed by atoms with Crippen LogP contribution in [0.15, 0.2) is 48.7 Å². The summed E-state index contributed by atoms with van der Waals surface area (Å²) in [6.45, 7) is 0.687. The number of benzene rings is 1. The summed E-state index contributed by atoms with van der Waals surface area (Å²) >= 11 is 3.49. The molecule has 1 amide bonds. The lowest BCUT2D eigenvalue weighted by Gasteiger charge is -2.11. The topological polar surface area (TPSA) is 57.8 Å². The summed E-state index contributed by atoms with van der Waals surface area (Å²) in [6.07, 6.45) is 2.65. The summed E-state index contributed by atoms with van der Waals surface area (Å²) in [5.74, 6) is -0.00180. The van der Waals surface area contributed by atoms with Crippen LogP contribution in [-0.4, -0.2) is 22.4 Å². The number of rotatable bonds is 3. The van der Waals surface area contributed by atoms with Gasteiger partial charge in [0.15, 0.2) is 0 Å². The van der Waals surface area contributed by atoms with Crippen molar-refractivity contribution in [1.29, 1.82) is 0 Å². The number of pyridine rings is 1. The standard InChI is InChI=1S/C19H16BrN3O/c20-11-12-2-1-3-13(8-12)17-9-14(4-6-21-17)18-10-15-16(23-18)5-7-22-19(15)24/h1-4,6,8-10,23H,5,7,11H2,(H,22,24). The van der Waals surface area contributed by atoms with E-state index < -0.39 is 0 Å². The zero-order valence-electron chi connectivity index (χ0n) is 13.0. The van der Waals surface area contributed by atoms with Crippen molar-refractivity contribution in [3.8, 4) is 22.5 Å². The minimum atomic E-state index is -0.00180. The van der Waals surface area contributed by atoms with E-state index in [1.165, 1.54) is 5.56 Å². The molecule has 1 aliphatic heterocycles. The molecule has 3 heterocycles. The minimum absolute atomic E-state index is 0.00180. The van der Waals surface area contributed by atoms with Crippen molar-refractivity contribution in [2.75, 3.05) is 6.54 Å². The zero-order valence-corrected chi connectivity index (χ0v) is 14.6. The van der Waals surface area contributed by atoms with E-state index in [9.17, 15) is 4.79 Å². The normalized spacial score (nSPS) is 13.5. The van der Waals surface area contributed by atoms with Crippen LogP contribution in [0.3, 0.4) is 0 Å². The van der Waals surface area contributed by atoms with E-state index in [4.69, 9.17) is 0 Å². The maximum atomic E-state index is 11.9. The van der Waals surface area contributed by atoms with Crippen LogP contribution in [0.2, 0.25) is 0 Å². The molecule has 0 saturated heterocycles. The molecule has 24 heavy (non-hydrogen) atoms. The van der Waals surface area contributed by atoms with Gasteiger partial charge < -0.3 is 10.3 Å². The Morgan fingerprint density at radius 1 is 1.12 bits per heavy atom. The van der Waals surface area contributed by atoms with Crippen molar-refractivity contribution in [3.63, 3.8) is 0 Å². The second-order valence-corrected chi connectivity index (χ2v) is 6.41. The van der Waals surface area contributed by atoms with Crippen LogP contribution in [0.25, 0.3) is 22.5 Å². The molecule has 2 N–H and O–H groups in total. The van der Waals surface area contributed by atoms with E-state index in [2.05, 4.69) is 55.5 Å². The number of amides is 1. The average Bonchev–Trinajstić information content (AvgIpc) is 3.08. The second kappa shape index (κ2) is 6.24. The Bertz CT molecular complexity index is 916. The van der Waals surface area contributed by atoms with Gasteiger partial charge >= 0.3 is 0 Å². The molecule has 1 aromatic carbocycles. The molecule has 0 spiro atoms. The fraction of sp³-hybridized carbons (Fsp3) is 0.158. The monoisotopic (exact) mass is 381 g/mol. The first-order valence-corrected chi connectivity index (χ1v) is 8.98. The zero-order chi connectivity index (χ0) is 16.5.